The summed E-state index contributed by atoms with van der Waals surface area (Å²) in [5.74, 6) is 1.70. The summed E-state index contributed by atoms with van der Waals surface area (Å²) < 4.78 is 17.7. The van der Waals surface area contributed by atoms with Crippen molar-refractivity contribution in [1.29, 1.82) is 0 Å². The van der Waals surface area contributed by atoms with E-state index in [1.54, 1.807) is 86.6 Å². The molecule has 4 amide bonds. The molecule has 0 bridgehead atoms. The van der Waals surface area contributed by atoms with Crippen molar-refractivity contribution in [3.8, 4) is 17.6 Å². The molecule has 3 aliphatic heterocycles. The summed E-state index contributed by atoms with van der Waals surface area (Å²) in [5, 5.41) is 27.1. The summed E-state index contributed by atoms with van der Waals surface area (Å²) in [6.07, 6.45) is 3.72. The Bertz CT molecular complexity index is 2920. The Kier molecular flexibility index (Phi) is 14.7. The maximum atomic E-state index is 16.7. The number of nitrogens with one attached hydrogen (secondary N) is 2. The highest BCUT2D eigenvalue weighted by Gasteiger charge is 2.75. The molecule has 3 heterocycles. The van der Waals surface area contributed by atoms with E-state index in [-0.39, 0.29) is 31.0 Å². The molecule has 14 heteroatoms. The summed E-state index contributed by atoms with van der Waals surface area (Å²) in [6, 6.07) is 33.7. The number of esters is 2. The Morgan fingerprint density at radius 2 is 1.53 bits per heavy atom. The zero-order chi connectivity index (χ0) is 50.5. The summed E-state index contributed by atoms with van der Waals surface area (Å²) in [6.45, 7) is 2.82. The first-order valence-corrected chi connectivity index (χ1v) is 24.5. The predicted molar refractivity (Wildman–Crippen MR) is 268 cm³/mol. The number of aliphatic hydroxyl groups excluding tert-OH is 2. The largest absolute Gasteiger partial charge is 0.491 e. The average Bonchev–Trinajstić information content (AvgIpc) is 3.87. The van der Waals surface area contributed by atoms with Crippen LogP contribution in [0.1, 0.15) is 97.2 Å². The number of morpholine rings is 1. The second-order valence-electron chi connectivity index (χ2n) is 18.9. The lowest BCUT2D eigenvalue weighted by molar-refractivity contribution is -0.178. The van der Waals surface area contributed by atoms with E-state index in [9.17, 15) is 15.0 Å². The van der Waals surface area contributed by atoms with Gasteiger partial charge in [0.05, 0.1) is 43.5 Å². The van der Waals surface area contributed by atoms with E-state index in [4.69, 9.17) is 14.2 Å². The van der Waals surface area contributed by atoms with Crippen LogP contribution in [0.5, 0.6) is 5.75 Å². The molecule has 4 N–H and O–H groups in total. The molecular formula is C58H58N4O10. The van der Waals surface area contributed by atoms with Crippen molar-refractivity contribution in [2.45, 2.75) is 81.3 Å². The predicted octanol–water partition coefficient (Wildman–Crippen LogP) is 7.33. The number of anilines is 1. The van der Waals surface area contributed by atoms with Gasteiger partial charge in [-0.15, -0.1) is 0 Å². The summed E-state index contributed by atoms with van der Waals surface area (Å²) in [4.78, 5) is 79.4. The average molecular weight is 971 g/mol. The third kappa shape index (κ3) is 9.27. The van der Waals surface area contributed by atoms with Crippen molar-refractivity contribution in [3.63, 3.8) is 0 Å². The second kappa shape index (κ2) is 21.4. The van der Waals surface area contributed by atoms with Gasteiger partial charge in [-0.3, -0.25) is 19.3 Å². The van der Waals surface area contributed by atoms with Gasteiger partial charge >= 0.3 is 18.0 Å². The highest BCUT2D eigenvalue weighted by atomic mass is 16.6. The molecule has 14 nitrogen and oxygen atoms in total. The van der Waals surface area contributed by atoms with Crippen LogP contribution in [-0.4, -0.2) is 83.8 Å². The van der Waals surface area contributed by atoms with Gasteiger partial charge in [-0.25, -0.2) is 14.5 Å². The van der Waals surface area contributed by atoms with Crippen LogP contribution in [0.25, 0.3) is 0 Å². The van der Waals surface area contributed by atoms with E-state index in [0.717, 1.165) is 36.2 Å². The van der Waals surface area contributed by atoms with Gasteiger partial charge in [0.1, 0.15) is 36.0 Å². The highest BCUT2D eigenvalue weighted by Crippen LogP contribution is 2.66. The van der Waals surface area contributed by atoms with Crippen LogP contribution < -0.4 is 20.3 Å². The fourth-order valence-corrected chi connectivity index (χ4v) is 11.0. The Morgan fingerprint density at radius 3 is 2.19 bits per heavy atom. The number of carbonyl (C=O) groups excluding carboxylic acids is 5. The molecular weight excluding hydrogens is 913 g/mol. The molecule has 5 aromatic rings. The molecule has 0 radical (unpaired) electrons. The van der Waals surface area contributed by atoms with Crippen LogP contribution in [-0.2, 0) is 34.1 Å². The van der Waals surface area contributed by atoms with E-state index < -0.39 is 83.4 Å². The Balaban J connectivity index is 1.34. The Hall–Kier alpha value is -7.57. The summed E-state index contributed by atoms with van der Waals surface area (Å²) in [5.41, 5.74) is 1.96. The van der Waals surface area contributed by atoms with E-state index >= 15 is 19.2 Å². The van der Waals surface area contributed by atoms with E-state index in [1.807, 2.05) is 65.6 Å². The summed E-state index contributed by atoms with van der Waals surface area (Å²) in [7, 11) is 1.21. The zero-order valence-electron chi connectivity index (χ0n) is 40.4. The van der Waals surface area contributed by atoms with E-state index in [2.05, 4.69) is 28.6 Å². The number of methoxy groups -OCH3 is 1. The molecule has 370 valence electrons. The zero-order valence-corrected chi connectivity index (χ0v) is 40.4. The molecule has 8 atom stereocenters. The van der Waals surface area contributed by atoms with Gasteiger partial charge in [0, 0.05) is 12.1 Å². The molecule has 0 aromatic heterocycles. The fraction of sp³-hybridized carbons (Fsp3) is 0.328. The highest BCUT2D eigenvalue weighted by molar-refractivity contribution is 6.25. The topological polar surface area (TPSA) is 184 Å². The van der Waals surface area contributed by atoms with Gasteiger partial charge < -0.3 is 35.1 Å². The molecule has 5 aromatic carbocycles. The van der Waals surface area contributed by atoms with Gasteiger partial charge in [-0.1, -0.05) is 135 Å². The number of amides is 4. The number of aliphatic hydroxyl groups is 2. The van der Waals surface area contributed by atoms with Gasteiger partial charge in [0.15, 0.2) is 0 Å². The number of hydrogen-bond acceptors (Lipinski definition) is 11. The smallest absolute Gasteiger partial charge is 0.329 e. The minimum absolute atomic E-state index is 0.0548. The molecule has 2 fully saturated rings. The molecule has 1 spiro atoms. The minimum atomic E-state index is -2.16. The van der Waals surface area contributed by atoms with Crippen LogP contribution in [0.2, 0.25) is 0 Å². The van der Waals surface area contributed by atoms with Crippen LogP contribution in [0, 0.1) is 23.7 Å². The lowest BCUT2D eigenvalue weighted by Crippen LogP contribution is -2.58. The maximum Gasteiger partial charge on any atom is 0.329 e. The summed E-state index contributed by atoms with van der Waals surface area (Å²) >= 11 is 0. The molecule has 8 unspecified atom stereocenters. The molecule has 72 heavy (non-hydrogen) atoms. The Labute approximate surface area is 419 Å². The SMILES string of the molecule is COC(=O)C(NC(=O)N1C(=O)C2(c3cc(C#CC4=CCCCC4)ccc31)C(C(=O)NCC(O)c1ccccc1)C1C(=O)OC(c3ccccc3)C(c3ccccc3)N1C2c1cccc(OCCO)c1)C(C)C. The molecule has 9 rings (SSSR count). The number of hydrogen-bond donors (Lipinski definition) is 4. The normalized spacial score (nSPS) is 23.2. The molecule has 2 saturated heterocycles. The molecule has 0 saturated carbocycles. The monoisotopic (exact) mass is 970 g/mol. The number of urea groups is 1. The van der Waals surface area contributed by atoms with Gasteiger partial charge in [0.2, 0.25) is 11.8 Å². The number of nitrogens with zero attached hydrogens (tertiary/aromatic N) is 2. The van der Waals surface area contributed by atoms with Gasteiger partial charge in [-0.2, -0.15) is 0 Å². The van der Waals surface area contributed by atoms with E-state index in [1.165, 1.54) is 7.11 Å². The third-order valence-corrected chi connectivity index (χ3v) is 14.2. The van der Waals surface area contributed by atoms with Crippen molar-refractivity contribution in [2.75, 3.05) is 31.8 Å². The van der Waals surface area contributed by atoms with E-state index in [0.29, 0.717) is 33.6 Å². The first-order chi connectivity index (χ1) is 35.0. The number of ether oxygens (including phenoxy) is 3. The van der Waals surface area contributed by atoms with Crippen LogP contribution in [0.4, 0.5) is 10.5 Å². The second-order valence-corrected chi connectivity index (χ2v) is 18.9. The number of carbonyl (C=O) groups is 5. The van der Waals surface area contributed by atoms with Crippen LogP contribution in [0.3, 0.4) is 0 Å². The Morgan fingerprint density at radius 1 is 0.833 bits per heavy atom. The number of imide groups is 1. The van der Waals surface area contributed by atoms with Crippen molar-refractivity contribution in [2.24, 2.45) is 11.8 Å². The number of rotatable bonds is 13. The maximum absolute atomic E-state index is 16.7. The number of benzene rings is 5. The number of fused-ring (bicyclic) bond motifs is 3. The lowest BCUT2D eigenvalue weighted by Gasteiger charge is -2.46. The lowest BCUT2D eigenvalue weighted by atomic mass is 9.65. The molecule has 4 aliphatic rings. The first-order valence-electron chi connectivity index (χ1n) is 24.5. The van der Waals surface area contributed by atoms with Gasteiger partial charge in [0.25, 0.3) is 0 Å². The van der Waals surface area contributed by atoms with Gasteiger partial charge in [-0.05, 0) is 95.3 Å². The first kappa shape index (κ1) is 49.4. The third-order valence-electron chi connectivity index (χ3n) is 14.2. The van der Waals surface area contributed by atoms with Crippen molar-refractivity contribution < 1.29 is 48.4 Å². The van der Waals surface area contributed by atoms with Crippen molar-refractivity contribution >= 4 is 35.5 Å². The van der Waals surface area contributed by atoms with Crippen molar-refractivity contribution in [1.82, 2.24) is 15.5 Å². The number of allylic oxidation sites excluding steroid dienone is 2. The standard InChI is InChI=1S/C58H58N4O10/c1-36(2)48(54(66)70-3)60-57(69)61-45-30-29-38(28-27-37-17-8-4-9-18-37)33-44(45)58(56(61)68)47(53(65)59-35-46(64)39-19-10-5-11-20-39)50-55(67)72-51(41-23-14-7-15-24-41)49(40-21-12-6-13-22-40)62(50)52(58)42-25-16-26-43(34-42)71-32-31-63/h5-7,10-17,19-26,29-30,33-34,36,46-52,63-64H,4,8-9,18,31-32,35H2,1-3H3,(H,59,65)(H,60,69). The minimum Gasteiger partial charge on any atom is -0.491 e. The van der Waals surface area contributed by atoms with Crippen molar-refractivity contribution in [3.05, 3.63) is 178 Å². The van der Waals surface area contributed by atoms with Crippen LogP contribution >= 0.6 is 0 Å². The fourth-order valence-electron chi connectivity index (χ4n) is 11.0. The molecule has 1 aliphatic carbocycles. The van der Waals surface area contributed by atoms with Crippen LogP contribution in [0.15, 0.2) is 145 Å². The number of cyclic esters (lactones) is 1. The quantitative estimate of drug-likeness (QED) is 0.0685.